The SMILES string of the molecule is O=C(O)c1cc(Sc2ncnc3ccsc23)ccn1. The Morgan fingerprint density at radius 1 is 1.26 bits per heavy atom. The lowest BCUT2D eigenvalue weighted by Gasteiger charge is -2.02. The van der Waals surface area contributed by atoms with Crippen LogP contribution in [0.2, 0.25) is 0 Å². The molecule has 0 aliphatic heterocycles. The highest BCUT2D eigenvalue weighted by Crippen LogP contribution is 2.33. The average Bonchev–Trinajstić information content (AvgIpc) is 2.88. The first kappa shape index (κ1) is 12.1. The van der Waals surface area contributed by atoms with Gasteiger partial charge in [-0.2, -0.15) is 0 Å². The van der Waals surface area contributed by atoms with Crippen LogP contribution in [0.1, 0.15) is 10.5 Å². The monoisotopic (exact) mass is 289 g/mol. The van der Waals surface area contributed by atoms with Gasteiger partial charge in [-0.3, -0.25) is 0 Å². The van der Waals surface area contributed by atoms with E-state index in [2.05, 4.69) is 15.0 Å². The van der Waals surface area contributed by atoms with Gasteiger partial charge in [-0.05, 0) is 23.6 Å². The second kappa shape index (κ2) is 4.94. The molecule has 0 radical (unpaired) electrons. The quantitative estimate of drug-likeness (QED) is 0.747. The van der Waals surface area contributed by atoms with Gasteiger partial charge in [-0.1, -0.05) is 11.8 Å². The number of carbonyl (C=O) groups is 1. The fourth-order valence-corrected chi connectivity index (χ4v) is 3.36. The average molecular weight is 289 g/mol. The lowest BCUT2D eigenvalue weighted by Crippen LogP contribution is -1.99. The number of rotatable bonds is 3. The van der Waals surface area contributed by atoms with Crippen LogP contribution in [0.15, 0.2) is 46.0 Å². The van der Waals surface area contributed by atoms with Gasteiger partial charge in [-0.25, -0.2) is 19.7 Å². The molecule has 3 aromatic rings. The Morgan fingerprint density at radius 2 is 2.16 bits per heavy atom. The van der Waals surface area contributed by atoms with Crippen molar-refractivity contribution in [2.75, 3.05) is 0 Å². The van der Waals surface area contributed by atoms with E-state index in [9.17, 15) is 4.79 Å². The summed E-state index contributed by atoms with van der Waals surface area (Å²) in [5, 5.41) is 11.7. The third-order valence-corrected chi connectivity index (χ3v) is 4.41. The van der Waals surface area contributed by atoms with Crippen LogP contribution in [0.4, 0.5) is 0 Å². The predicted molar refractivity (Wildman–Crippen MR) is 72.7 cm³/mol. The molecule has 3 heterocycles. The molecular weight excluding hydrogens is 282 g/mol. The molecule has 0 fully saturated rings. The van der Waals surface area contributed by atoms with E-state index in [-0.39, 0.29) is 5.69 Å². The van der Waals surface area contributed by atoms with Crippen molar-refractivity contribution in [2.24, 2.45) is 0 Å². The Balaban J connectivity index is 1.99. The van der Waals surface area contributed by atoms with Crippen LogP contribution in [-0.2, 0) is 0 Å². The van der Waals surface area contributed by atoms with Gasteiger partial charge in [0.05, 0.1) is 10.2 Å². The van der Waals surface area contributed by atoms with Crippen LogP contribution in [0.25, 0.3) is 10.2 Å². The predicted octanol–water partition coefficient (Wildman–Crippen LogP) is 2.94. The van der Waals surface area contributed by atoms with Gasteiger partial charge in [0.15, 0.2) is 0 Å². The van der Waals surface area contributed by atoms with Crippen molar-refractivity contribution in [1.82, 2.24) is 15.0 Å². The van der Waals surface area contributed by atoms with E-state index >= 15 is 0 Å². The van der Waals surface area contributed by atoms with Crippen molar-refractivity contribution in [3.8, 4) is 0 Å². The number of carboxylic acid groups (broad SMARTS) is 1. The molecule has 0 amide bonds. The second-order valence-corrected chi connectivity index (χ2v) is 5.58. The third-order valence-electron chi connectivity index (χ3n) is 2.38. The molecule has 1 N–H and O–H groups in total. The van der Waals surface area contributed by atoms with Crippen molar-refractivity contribution in [1.29, 1.82) is 0 Å². The smallest absolute Gasteiger partial charge is 0.354 e. The Morgan fingerprint density at radius 3 is 3.00 bits per heavy atom. The molecule has 0 aliphatic rings. The van der Waals surface area contributed by atoms with Gasteiger partial charge < -0.3 is 5.11 Å². The molecule has 0 bridgehead atoms. The summed E-state index contributed by atoms with van der Waals surface area (Å²) < 4.78 is 1.00. The summed E-state index contributed by atoms with van der Waals surface area (Å²) in [7, 11) is 0. The lowest BCUT2D eigenvalue weighted by molar-refractivity contribution is 0.0690. The van der Waals surface area contributed by atoms with Crippen LogP contribution < -0.4 is 0 Å². The molecule has 7 heteroatoms. The van der Waals surface area contributed by atoms with E-state index in [1.54, 1.807) is 17.4 Å². The number of hydrogen-bond acceptors (Lipinski definition) is 6. The van der Waals surface area contributed by atoms with E-state index in [4.69, 9.17) is 5.11 Å². The number of fused-ring (bicyclic) bond motifs is 1. The maximum atomic E-state index is 10.9. The summed E-state index contributed by atoms with van der Waals surface area (Å²) in [5.41, 5.74) is 0.927. The first-order chi connectivity index (χ1) is 9.24. The van der Waals surface area contributed by atoms with Gasteiger partial charge >= 0.3 is 5.97 Å². The molecule has 3 rings (SSSR count). The molecule has 0 saturated heterocycles. The number of thiophene rings is 1. The molecule has 0 aliphatic carbocycles. The largest absolute Gasteiger partial charge is 0.477 e. The Bertz CT molecular complexity index is 757. The maximum absolute atomic E-state index is 10.9. The first-order valence-electron chi connectivity index (χ1n) is 5.29. The zero-order valence-corrected chi connectivity index (χ0v) is 11.1. The fourth-order valence-electron chi connectivity index (χ4n) is 1.54. The summed E-state index contributed by atoms with van der Waals surface area (Å²) >= 11 is 2.98. The molecule has 3 aromatic heterocycles. The zero-order valence-electron chi connectivity index (χ0n) is 9.48. The van der Waals surface area contributed by atoms with Gasteiger partial charge in [0.2, 0.25) is 0 Å². The number of carboxylic acids is 1. The molecule has 0 aromatic carbocycles. The van der Waals surface area contributed by atoms with Gasteiger partial charge in [0.1, 0.15) is 17.0 Å². The maximum Gasteiger partial charge on any atom is 0.354 e. The van der Waals surface area contributed by atoms with E-state index < -0.39 is 5.97 Å². The van der Waals surface area contributed by atoms with Crippen LogP contribution in [0, 0.1) is 0 Å². The van der Waals surface area contributed by atoms with E-state index in [1.165, 1.54) is 30.4 Å². The van der Waals surface area contributed by atoms with Crippen LogP contribution in [0.5, 0.6) is 0 Å². The fraction of sp³-hybridized carbons (Fsp3) is 0. The van der Waals surface area contributed by atoms with Crippen molar-refractivity contribution in [3.63, 3.8) is 0 Å². The molecule has 0 saturated carbocycles. The number of aromatic carboxylic acids is 1. The van der Waals surface area contributed by atoms with Gasteiger partial charge in [0, 0.05) is 11.1 Å². The minimum Gasteiger partial charge on any atom is -0.477 e. The van der Waals surface area contributed by atoms with Crippen LogP contribution in [-0.4, -0.2) is 26.0 Å². The molecule has 5 nitrogen and oxygen atoms in total. The number of pyridine rings is 1. The van der Waals surface area contributed by atoms with Crippen LogP contribution in [0.3, 0.4) is 0 Å². The lowest BCUT2D eigenvalue weighted by atomic mass is 10.3. The highest BCUT2D eigenvalue weighted by molar-refractivity contribution is 7.99. The van der Waals surface area contributed by atoms with Gasteiger partial charge in [-0.15, -0.1) is 11.3 Å². The van der Waals surface area contributed by atoms with E-state index in [0.29, 0.717) is 0 Å². The molecule has 0 unspecified atom stereocenters. The normalized spacial score (nSPS) is 10.7. The third kappa shape index (κ3) is 2.42. The van der Waals surface area contributed by atoms with Crippen molar-refractivity contribution < 1.29 is 9.90 Å². The van der Waals surface area contributed by atoms with Crippen molar-refractivity contribution in [3.05, 3.63) is 41.8 Å². The summed E-state index contributed by atoms with van der Waals surface area (Å²) in [6.45, 7) is 0. The molecular formula is C12H7N3O2S2. The minimum atomic E-state index is -1.04. The summed E-state index contributed by atoms with van der Waals surface area (Å²) in [5.74, 6) is -1.04. The number of hydrogen-bond donors (Lipinski definition) is 1. The van der Waals surface area contributed by atoms with Crippen molar-refractivity contribution >= 4 is 39.3 Å². The van der Waals surface area contributed by atoms with E-state index in [1.807, 2.05) is 11.4 Å². The Labute approximate surface area is 116 Å². The minimum absolute atomic E-state index is 0.0291. The standard InChI is InChI=1S/C12H7N3O2S2/c16-12(17)9-5-7(1-3-13-9)19-11-10-8(2-4-18-10)14-6-15-11/h1-6H,(H,16,17). The summed E-state index contributed by atoms with van der Waals surface area (Å²) in [6, 6.07) is 5.23. The highest BCUT2D eigenvalue weighted by Gasteiger charge is 2.09. The second-order valence-electron chi connectivity index (χ2n) is 3.60. The number of nitrogens with zero attached hydrogens (tertiary/aromatic N) is 3. The Hall–Kier alpha value is -1.99. The summed E-state index contributed by atoms with van der Waals surface area (Å²) in [4.78, 5) is 23.9. The topological polar surface area (TPSA) is 76.0 Å². The molecule has 19 heavy (non-hydrogen) atoms. The first-order valence-corrected chi connectivity index (χ1v) is 6.99. The van der Waals surface area contributed by atoms with E-state index in [0.717, 1.165) is 20.1 Å². The van der Waals surface area contributed by atoms with Crippen molar-refractivity contribution in [2.45, 2.75) is 9.92 Å². The number of aromatic nitrogens is 3. The van der Waals surface area contributed by atoms with Gasteiger partial charge in [0.25, 0.3) is 0 Å². The Kier molecular flexibility index (Phi) is 3.14. The molecule has 94 valence electrons. The summed E-state index contributed by atoms with van der Waals surface area (Å²) in [6.07, 6.45) is 3.00. The zero-order chi connectivity index (χ0) is 13.2. The van der Waals surface area contributed by atoms with Crippen LogP contribution >= 0.6 is 23.1 Å². The molecule has 0 spiro atoms. The molecule has 0 atom stereocenters. The highest BCUT2D eigenvalue weighted by atomic mass is 32.2.